The molecule has 0 aliphatic rings. The molecular formula is C52H36N2. The van der Waals surface area contributed by atoms with Gasteiger partial charge in [-0.25, -0.2) is 0 Å². The van der Waals surface area contributed by atoms with Gasteiger partial charge in [-0.2, -0.15) is 0 Å². The Kier molecular flexibility index (Phi) is 7.85. The molecule has 2 heteroatoms. The normalized spacial score (nSPS) is 11.3. The van der Waals surface area contributed by atoms with Gasteiger partial charge in [-0.05, 0) is 98.8 Å². The molecule has 0 saturated heterocycles. The van der Waals surface area contributed by atoms with Gasteiger partial charge in [0, 0.05) is 33.5 Å². The van der Waals surface area contributed by atoms with E-state index >= 15 is 0 Å². The van der Waals surface area contributed by atoms with Crippen LogP contribution >= 0.6 is 0 Å². The fraction of sp³-hybridized carbons (Fsp3) is 0. The Morgan fingerprint density at radius 1 is 0.315 bits per heavy atom. The fourth-order valence-corrected chi connectivity index (χ4v) is 8.07. The highest BCUT2D eigenvalue weighted by Gasteiger charge is 2.20. The molecule has 0 amide bonds. The Hall–Kier alpha value is -7.16. The molecule has 2 nitrogen and oxygen atoms in total. The minimum Gasteiger partial charge on any atom is -0.310 e. The largest absolute Gasteiger partial charge is 0.310 e. The molecule has 1 aromatic heterocycles. The number of nitrogens with zero attached hydrogens (tertiary/aromatic N) is 2. The first-order valence-corrected chi connectivity index (χ1v) is 18.5. The van der Waals surface area contributed by atoms with Gasteiger partial charge in [-0.15, -0.1) is 0 Å². The maximum Gasteiger partial charge on any atom is 0.0547 e. The lowest BCUT2D eigenvalue weighted by atomic mass is 9.97. The van der Waals surface area contributed by atoms with Crippen LogP contribution in [0.3, 0.4) is 0 Å². The van der Waals surface area contributed by atoms with Gasteiger partial charge in [0.15, 0.2) is 0 Å². The van der Waals surface area contributed by atoms with Crippen molar-refractivity contribution in [3.8, 4) is 39.1 Å². The lowest BCUT2D eigenvalue weighted by Crippen LogP contribution is -2.10. The van der Waals surface area contributed by atoms with Crippen molar-refractivity contribution in [1.82, 2.24) is 4.57 Å². The summed E-state index contributed by atoms with van der Waals surface area (Å²) in [5.74, 6) is 0. The second-order valence-electron chi connectivity index (χ2n) is 13.8. The molecule has 10 rings (SSSR count). The van der Waals surface area contributed by atoms with Crippen molar-refractivity contribution in [2.24, 2.45) is 0 Å². The summed E-state index contributed by atoms with van der Waals surface area (Å²) in [4.78, 5) is 2.38. The molecule has 54 heavy (non-hydrogen) atoms. The fourth-order valence-electron chi connectivity index (χ4n) is 8.07. The van der Waals surface area contributed by atoms with E-state index in [0.29, 0.717) is 0 Å². The van der Waals surface area contributed by atoms with Crippen LogP contribution in [0.4, 0.5) is 17.1 Å². The number of benzene rings is 9. The highest BCUT2D eigenvalue weighted by Crippen LogP contribution is 2.43. The number of fused-ring (bicyclic) bond motifs is 5. The standard InChI is InChI=1S/C52H36N2/c1-4-15-37(16-5-1)39-29-32-43(33-30-39)53(44-23-12-22-42(35-44)38-17-6-2-7-18-38)45-24-13-25-46(36-45)54-49-28-14-27-48(40-19-8-3-9-20-40)51(49)52-47-26-11-10-21-41(47)31-34-50(52)54/h1-36H. The third-order valence-corrected chi connectivity index (χ3v) is 10.6. The highest BCUT2D eigenvalue weighted by atomic mass is 15.1. The number of rotatable bonds is 7. The smallest absolute Gasteiger partial charge is 0.0547 e. The first kappa shape index (κ1) is 31.6. The van der Waals surface area contributed by atoms with E-state index in [2.05, 4.69) is 228 Å². The zero-order valence-corrected chi connectivity index (χ0v) is 29.7. The molecule has 0 unspecified atom stereocenters. The van der Waals surface area contributed by atoms with Crippen molar-refractivity contribution >= 4 is 49.6 Å². The van der Waals surface area contributed by atoms with Crippen LogP contribution in [0.2, 0.25) is 0 Å². The van der Waals surface area contributed by atoms with Crippen molar-refractivity contribution < 1.29 is 0 Å². The van der Waals surface area contributed by atoms with Crippen LogP contribution in [0.5, 0.6) is 0 Å². The second kappa shape index (κ2) is 13.4. The molecule has 1 heterocycles. The molecule has 0 N–H and O–H groups in total. The summed E-state index contributed by atoms with van der Waals surface area (Å²) in [6.07, 6.45) is 0. The van der Waals surface area contributed by atoms with E-state index in [4.69, 9.17) is 0 Å². The van der Waals surface area contributed by atoms with Crippen LogP contribution in [0, 0.1) is 0 Å². The average molecular weight is 689 g/mol. The molecular weight excluding hydrogens is 653 g/mol. The summed E-state index contributed by atoms with van der Waals surface area (Å²) < 4.78 is 2.45. The number of hydrogen-bond donors (Lipinski definition) is 0. The lowest BCUT2D eigenvalue weighted by molar-refractivity contribution is 1.17. The molecule has 0 bridgehead atoms. The molecule has 0 atom stereocenters. The number of hydrogen-bond acceptors (Lipinski definition) is 1. The zero-order valence-electron chi connectivity index (χ0n) is 29.7. The van der Waals surface area contributed by atoms with Gasteiger partial charge in [0.1, 0.15) is 0 Å². The minimum absolute atomic E-state index is 1.08. The SMILES string of the molecule is c1ccc(-c2ccc(N(c3cccc(-c4ccccc4)c3)c3cccc(-n4c5cccc(-c6ccccc6)c5c5c6ccccc6ccc54)c3)cc2)cc1. The van der Waals surface area contributed by atoms with Gasteiger partial charge in [-0.1, -0.05) is 164 Å². The van der Waals surface area contributed by atoms with Crippen LogP contribution in [0.25, 0.3) is 71.6 Å². The first-order valence-electron chi connectivity index (χ1n) is 18.5. The van der Waals surface area contributed by atoms with Gasteiger partial charge < -0.3 is 9.47 Å². The Bertz CT molecular complexity index is 2910. The Morgan fingerprint density at radius 2 is 0.870 bits per heavy atom. The maximum atomic E-state index is 2.45. The van der Waals surface area contributed by atoms with Gasteiger partial charge in [0.05, 0.1) is 11.0 Å². The Balaban J connectivity index is 1.19. The van der Waals surface area contributed by atoms with E-state index < -0.39 is 0 Å². The lowest BCUT2D eigenvalue weighted by Gasteiger charge is -2.27. The van der Waals surface area contributed by atoms with E-state index in [9.17, 15) is 0 Å². The molecule has 254 valence electrons. The molecule has 0 aliphatic carbocycles. The highest BCUT2D eigenvalue weighted by molar-refractivity contribution is 6.25. The van der Waals surface area contributed by atoms with E-state index in [1.165, 1.54) is 66.0 Å². The summed E-state index contributed by atoms with van der Waals surface area (Å²) >= 11 is 0. The van der Waals surface area contributed by atoms with Crippen molar-refractivity contribution in [3.63, 3.8) is 0 Å². The van der Waals surface area contributed by atoms with Crippen LogP contribution in [-0.2, 0) is 0 Å². The van der Waals surface area contributed by atoms with Gasteiger partial charge in [-0.3, -0.25) is 0 Å². The average Bonchev–Trinajstić information content (AvgIpc) is 3.60. The quantitative estimate of drug-likeness (QED) is 0.162. The number of anilines is 3. The van der Waals surface area contributed by atoms with Gasteiger partial charge in [0.25, 0.3) is 0 Å². The second-order valence-corrected chi connectivity index (χ2v) is 13.8. The monoisotopic (exact) mass is 688 g/mol. The molecule has 0 aliphatic heterocycles. The summed E-state index contributed by atoms with van der Waals surface area (Å²) in [6.45, 7) is 0. The summed E-state index contributed by atoms with van der Waals surface area (Å²) in [5, 5.41) is 5.04. The van der Waals surface area contributed by atoms with E-state index in [-0.39, 0.29) is 0 Å². The molecule has 0 radical (unpaired) electrons. The van der Waals surface area contributed by atoms with E-state index in [1.807, 2.05) is 0 Å². The first-order chi connectivity index (χ1) is 26.8. The Labute approximate surface area is 315 Å². The Morgan fingerprint density at radius 3 is 1.61 bits per heavy atom. The molecule has 0 fully saturated rings. The van der Waals surface area contributed by atoms with Crippen molar-refractivity contribution in [2.45, 2.75) is 0 Å². The van der Waals surface area contributed by atoms with Gasteiger partial charge >= 0.3 is 0 Å². The summed E-state index contributed by atoms with van der Waals surface area (Å²) in [5.41, 5.74) is 14.0. The molecule has 10 aromatic rings. The summed E-state index contributed by atoms with van der Waals surface area (Å²) in [7, 11) is 0. The minimum atomic E-state index is 1.08. The zero-order chi connectivity index (χ0) is 35.8. The van der Waals surface area contributed by atoms with E-state index in [1.54, 1.807) is 0 Å². The van der Waals surface area contributed by atoms with Crippen LogP contribution < -0.4 is 4.90 Å². The predicted octanol–water partition coefficient (Wildman–Crippen LogP) is 14.4. The van der Waals surface area contributed by atoms with Gasteiger partial charge in [0.2, 0.25) is 0 Å². The van der Waals surface area contributed by atoms with Crippen LogP contribution in [0.1, 0.15) is 0 Å². The summed E-state index contributed by atoms with van der Waals surface area (Å²) in [6, 6.07) is 78.8. The van der Waals surface area contributed by atoms with Crippen LogP contribution in [-0.4, -0.2) is 4.57 Å². The molecule has 0 saturated carbocycles. The third-order valence-electron chi connectivity index (χ3n) is 10.6. The van der Waals surface area contributed by atoms with E-state index in [0.717, 1.165) is 22.7 Å². The van der Waals surface area contributed by atoms with Crippen LogP contribution in [0.15, 0.2) is 218 Å². The predicted molar refractivity (Wildman–Crippen MR) is 229 cm³/mol. The van der Waals surface area contributed by atoms with Crippen molar-refractivity contribution in [2.75, 3.05) is 4.90 Å². The molecule has 0 spiro atoms. The van der Waals surface area contributed by atoms with Crippen molar-refractivity contribution in [1.29, 1.82) is 0 Å². The third kappa shape index (κ3) is 5.53. The topological polar surface area (TPSA) is 8.17 Å². The van der Waals surface area contributed by atoms with Crippen molar-refractivity contribution in [3.05, 3.63) is 218 Å². The molecule has 9 aromatic carbocycles. The maximum absolute atomic E-state index is 2.45. The number of aromatic nitrogens is 1.